The van der Waals surface area contributed by atoms with E-state index >= 15 is 0 Å². The number of nitrogen functional groups attached to an aromatic ring is 1. The molecule has 0 amide bonds. The number of aryl methyl sites for hydroxylation is 1. The summed E-state index contributed by atoms with van der Waals surface area (Å²) in [5.41, 5.74) is 8.22. The highest BCUT2D eigenvalue weighted by molar-refractivity contribution is 7.15. The molecule has 0 unspecified atom stereocenters. The Labute approximate surface area is 129 Å². The van der Waals surface area contributed by atoms with E-state index in [0.29, 0.717) is 5.13 Å². The molecule has 1 aromatic carbocycles. The minimum Gasteiger partial charge on any atom is -0.494 e. The zero-order valence-corrected chi connectivity index (χ0v) is 13.2. The van der Waals surface area contributed by atoms with Crippen molar-refractivity contribution in [2.75, 3.05) is 18.9 Å². The van der Waals surface area contributed by atoms with Crippen molar-refractivity contribution in [3.63, 3.8) is 0 Å². The molecule has 0 atom stereocenters. The molecule has 21 heavy (non-hydrogen) atoms. The van der Waals surface area contributed by atoms with Crippen molar-refractivity contribution in [1.82, 2.24) is 9.88 Å². The van der Waals surface area contributed by atoms with Crippen LogP contribution in [-0.4, -0.2) is 23.0 Å². The number of hydrogen-bond acceptors (Lipinski definition) is 5. The molecule has 2 heterocycles. The maximum absolute atomic E-state index is 5.78. The van der Waals surface area contributed by atoms with Crippen LogP contribution in [0.4, 0.5) is 5.13 Å². The van der Waals surface area contributed by atoms with Crippen LogP contribution >= 0.6 is 11.3 Å². The van der Waals surface area contributed by atoms with Gasteiger partial charge in [-0.2, -0.15) is 0 Å². The number of nitrogens with two attached hydrogens (primary N) is 1. The van der Waals surface area contributed by atoms with Gasteiger partial charge < -0.3 is 10.5 Å². The van der Waals surface area contributed by atoms with Crippen LogP contribution in [0.25, 0.3) is 0 Å². The van der Waals surface area contributed by atoms with Crippen molar-refractivity contribution in [3.8, 4) is 5.75 Å². The average Bonchev–Trinajstić information content (AvgIpc) is 3.01. The molecule has 1 aliphatic heterocycles. The normalized spacial score (nSPS) is 14.3. The smallest absolute Gasteiger partial charge is 0.180 e. The van der Waals surface area contributed by atoms with Gasteiger partial charge in [0.1, 0.15) is 5.75 Å². The van der Waals surface area contributed by atoms with E-state index in [4.69, 9.17) is 10.5 Å². The van der Waals surface area contributed by atoms with E-state index in [-0.39, 0.29) is 0 Å². The standard InChI is InChI=1S/C16H21N3OS/c1-2-12-4-6-13(7-5-12)20-9-3-8-19-10-14-15(11-19)21-16(17)18-14/h4-7H,2-3,8-11H2,1H3,(H2,17,18). The van der Waals surface area contributed by atoms with Crippen LogP contribution in [0.1, 0.15) is 29.5 Å². The topological polar surface area (TPSA) is 51.4 Å². The number of ether oxygens (including phenoxy) is 1. The molecule has 3 rings (SSSR count). The fourth-order valence-corrected chi connectivity index (χ4v) is 3.46. The van der Waals surface area contributed by atoms with E-state index in [2.05, 4.69) is 41.1 Å². The number of nitrogens with zero attached hydrogens (tertiary/aromatic N) is 2. The summed E-state index contributed by atoms with van der Waals surface area (Å²) in [6, 6.07) is 8.37. The largest absolute Gasteiger partial charge is 0.494 e. The lowest BCUT2D eigenvalue weighted by atomic mass is 10.2. The van der Waals surface area contributed by atoms with Crippen molar-refractivity contribution >= 4 is 16.5 Å². The van der Waals surface area contributed by atoms with Crippen molar-refractivity contribution in [1.29, 1.82) is 0 Å². The van der Waals surface area contributed by atoms with Crippen LogP contribution in [0, 0.1) is 0 Å². The molecule has 4 nitrogen and oxygen atoms in total. The van der Waals surface area contributed by atoms with Gasteiger partial charge in [0.05, 0.1) is 12.3 Å². The monoisotopic (exact) mass is 303 g/mol. The minimum atomic E-state index is 0.693. The zero-order valence-electron chi connectivity index (χ0n) is 12.3. The van der Waals surface area contributed by atoms with Crippen LogP contribution in [0.2, 0.25) is 0 Å². The molecular weight excluding hydrogens is 282 g/mol. The fourth-order valence-electron chi connectivity index (χ4n) is 2.58. The molecule has 2 aromatic rings. The predicted molar refractivity (Wildman–Crippen MR) is 86.6 cm³/mol. The Hall–Kier alpha value is -1.59. The minimum absolute atomic E-state index is 0.693. The van der Waals surface area contributed by atoms with Crippen LogP contribution in [0.3, 0.4) is 0 Å². The van der Waals surface area contributed by atoms with Crippen molar-refractivity contribution < 1.29 is 4.74 Å². The number of aromatic nitrogens is 1. The van der Waals surface area contributed by atoms with Crippen LogP contribution in [0.15, 0.2) is 24.3 Å². The molecular formula is C16H21N3OS. The Morgan fingerprint density at radius 3 is 2.81 bits per heavy atom. The van der Waals surface area contributed by atoms with Crippen LogP contribution < -0.4 is 10.5 Å². The van der Waals surface area contributed by atoms with Gasteiger partial charge in [-0.1, -0.05) is 19.1 Å². The lowest BCUT2D eigenvalue weighted by molar-refractivity contribution is 0.237. The van der Waals surface area contributed by atoms with Crippen molar-refractivity contribution in [3.05, 3.63) is 40.4 Å². The molecule has 1 aromatic heterocycles. The van der Waals surface area contributed by atoms with Gasteiger partial charge in [-0.3, -0.25) is 4.90 Å². The third kappa shape index (κ3) is 3.54. The summed E-state index contributed by atoms with van der Waals surface area (Å²) in [5, 5.41) is 0.693. The second-order valence-electron chi connectivity index (χ2n) is 5.33. The maximum Gasteiger partial charge on any atom is 0.180 e. The summed E-state index contributed by atoms with van der Waals surface area (Å²) < 4.78 is 5.78. The first-order valence-electron chi connectivity index (χ1n) is 7.42. The Bertz CT molecular complexity index is 571. The molecule has 0 saturated carbocycles. The molecule has 112 valence electrons. The van der Waals surface area contributed by atoms with Crippen molar-refractivity contribution in [2.45, 2.75) is 32.9 Å². The van der Waals surface area contributed by atoms with E-state index in [1.54, 1.807) is 11.3 Å². The van der Waals surface area contributed by atoms with Crippen LogP contribution in [0.5, 0.6) is 5.75 Å². The Morgan fingerprint density at radius 2 is 2.10 bits per heavy atom. The van der Waals surface area contributed by atoms with E-state index in [9.17, 15) is 0 Å². The van der Waals surface area contributed by atoms with Gasteiger partial charge >= 0.3 is 0 Å². The van der Waals surface area contributed by atoms with E-state index in [0.717, 1.165) is 50.5 Å². The molecule has 2 N–H and O–H groups in total. The summed E-state index contributed by atoms with van der Waals surface area (Å²) in [4.78, 5) is 8.08. The third-order valence-corrected chi connectivity index (χ3v) is 4.67. The van der Waals surface area contributed by atoms with Gasteiger partial charge in [0.2, 0.25) is 0 Å². The molecule has 0 bridgehead atoms. The number of thiazole rings is 1. The Morgan fingerprint density at radius 1 is 1.29 bits per heavy atom. The summed E-state index contributed by atoms with van der Waals surface area (Å²) in [7, 11) is 0. The predicted octanol–water partition coefficient (Wildman–Crippen LogP) is 3.07. The second-order valence-corrected chi connectivity index (χ2v) is 6.45. The lowest BCUT2D eigenvalue weighted by Gasteiger charge is -2.14. The maximum atomic E-state index is 5.78. The fraction of sp³-hybridized carbons (Fsp3) is 0.438. The van der Waals surface area contributed by atoms with Gasteiger partial charge in [0, 0.05) is 24.5 Å². The highest BCUT2D eigenvalue weighted by Crippen LogP contribution is 2.29. The van der Waals surface area contributed by atoms with Gasteiger partial charge in [-0.15, -0.1) is 11.3 Å². The molecule has 0 saturated heterocycles. The molecule has 0 aliphatic carbocycles. The summed E-state index contributed by atoms with van der Waals surface area (Å²) in [6.07, 6.45) is 2.10. The van der Waals surface area contributed by atoms with Crippen molar-refractivity contribution in [2.24, 2.45) is 0 Å². The first-order valence-corrected chi connectivity index (χ1v) is 8.24. The number of hydrogen-bond donors (Lipinski definition) is 1. The number of benzene rings is 1. The highest BCUT2D eigenvalue weighted by Gasteiger charge is 2.22. The molecule has 0 fully saturated rings. The summed E-state index contributed by atoms with van der Waals surface area (Å²) in [6.45, 7) is 5.86. The first kappa shape index (κ1) is 14.4. The molecule has 5 heteroatoms. The van der Waals surface area contributed by atoms with Gasteiger partial charge in [-0.05, 0) is 30.5 Å². The third-order valence-electron chi connectivity index (χ3n) is 3.75. The molecule has 1 aliphatic rings. The summed E-state index contributed by atoms with van der Waals surface area (Å²) in [5.74, 6) is 0.960. The second kappa shape index (κ2) is 6.45. The average molecular weight is 303 g/mol. The van der Waals surface area contributed by atoms with E-state index < -0.39 is 0 Å². The SMILES string of the molecule is CCc1ccc(OCCCN2Cc3nc(N)sc3C2)cc1. The van der Waals surface area contributed by atoms with Crippen LogP contribution in [-0.2, 0) is 19.5 Å². The molecule has 0 radical (unpaired) electrons. The number of fused-ring (bicyclic) bond motifs is 1. The quantitative estimate of drug-likeness (QED) is 0.833. The van der Waals surface area contributed by atoms with E-state index in [1.807, 2.05) is 0 Å². The van der Waals surface area contributed by atoms with E-state index in [1.165, 1.54) is 10.4 Å². The zero-order chi connectivity index (χ0) is 14.7. The highest BCUT2D eigenvalue weighted by atomic mass is 32.1. The number of rotatable bonds is 6. The summed E-state index contributed by atoms with van der Waals surface area (Å²) >= 11 is 1.61. The molecule has 0 spiro atoms. The Kier molecular flexibility index (Phi) is 4.41. The Balaban J connectivity index is 1.38. The first-order chi connectivity index (χ1) is 10.2. The van der Waals surface area contributed by atoms with Gasteiger partial charge in [-0.25, -0.2) is 4.98 Å². The van der Waals surface area contributed by atoms with Gasteiger partial charge in [0.25, 0.3) is 0 Å². The lowest BCUT2D eigenvalue weighted by Crippen LogP contribution is -2.19. The van der Waals surface area contributed by atoms with Gasteiger partial charge in [0.15, 0.2) is 5.13 Å². The number of anilines is 1.